The standard InChI is InChI=1S/C46H48N4O2/c1-3-29-49-31-13-11-27-41(49)43(37-25-15-19-33-17-5-7-21-35(33)37)51-45-39-23-9-10-24-40(39)46(48-47-45)52-44(42-28-12-14-32-50(42)30-4-2)38-26-16-20-34-18-6-8-22-36(34)38/h3-10,15-26,41-44H,1-2,11-14,27-32H2/t41-,42?,43-,44-/m1/s1. The third-order valence-electron chi connectivity index (χ3n) is 11.1. The van der Waals surface area contributed by atoms with Crippen LogP contribution in [0.5, 0.6) is 11.8 Å². The van der Waals surface area contributed by atoms with Gasteiger partial charge in [-0.1, -0.05) is 122 Å². The highest BCUT2D eigenvalue weighted by molar-refractivity contribution is 5.91. The van der Waals surface area contributed by atoms with Crippen molar-refractivity contribution in [2.24, 2.45) is 0 Å². The number of likely N-dealkylation sites (tertiary alicyclic amines) is 2. The van der Waals surface area contributed by atoms with Gasteiger partial charge in [0.1, 0.15) is 12.2 Å². The Hall–Kier alpha value is -5.04. The van der Waals surface area contributed by atoms with E-state index in [1.807, 2.05) is 24.3 Å². The number of fused-ring (bicyclic) bond motifs is 3. The van der Waals surface area contributed by atoms with Crippen LogP contribution in [0.2, 0.25) is 0 Å². The molecule has 6 heteroatoms. The molecule has 8 rings (SSSR count). The van der Waals surface area contributed by atoms with Crippen LogP contribution in [0.25, 0.3) is 32.3 Å². The second-order valence-corrected chi connectivity index (χ2v) is 14.3. The van der Waals surface area contributed by atoms with E-state index < -0.39 is 0 Å². The first-order valence-corrected chi connectivity index (χ1v) is 19.0. The molecule has 0 amide bonds. The van der Waals surface area contributed by atoms with Gasteiger partial charge in [0.2, 0.25) is 11.8 Å². The number of hydrogen-bond acceptors (Lipinski definition) is 6. The number of aromatic nitrogens is 2. The molecule has 6 aromatic rings. The maximum Gasteiger partial charge on any atom is 0.242 e. The maximum atomic E-state index is 7.18. The van der Waals surface area contributed by atoms with Gasteiger partial charge in [0.05, 0.1) is 22.9 Å². The fourth-order valence-corrected chi connectivity index (χ4v) is 8.67. The average Bonchev–Trinajstić information content (AvgIpc) is 3.20. The summed E-state index contributed by atoms with van der Waals surface area (Å²) in [6.45, 7) is 11.8. The van der Waals surface area contributed by atoms with Gasteiger partial charge in [-0.15, -0.1) is 23.4 Å². The van der Waals surface area contributed by atoms with Crippen molar-refractivity contribution in [1.82, 2.24) is 20.0 Å². The van der Waals surface area contributed by atoms with Crippen molar-refractivity contribution >= 4 is 32.3 Å². The molecule has 0 N–H and O–H groups in total. The number of benzene rings is 5. The Labute approximate surface area is 307 Å². The summed E-state index contributed by atoms with van der Waals surface area (Å²) in [6, 6.07) is 38.8. The van der Waals surface area contributed by atoms with E-state index in [2.05, 4.69) is 120 Å². The second-order valence-electron chi connectivity index (χ2n) is 14.3. The minimum atomic E-state index is -0.256. The van der Waals surface area contributed by atoms with Crippen molar-refractivity contribution in [3.05, 3.63) is 146 Å². The molecule has 1 unspecified atom stereocenters. The molecule has 2 saturated heterocycles. The smallest absolute Gasteiger partial charge is 0.242 e. The Balaban J connectivity index is 1.22. The van der Waals surface area contributed by atoms with Crippen LogP contribution < -0.4 is 9.47 Å². The van der Waals surface area contributed by atoms with Crippen molar-refractivity contribution in [3.63, 3.8) is 0 Å². The third kappa shape index (κ3) is 6.81. The number of rotatable bonds is 12. The first-order valence-electron chi connectivity index (χ1n) is 19.0. The Bertz CT molecular complexity index is 2020. The van der Waals surface area contributed by atoms with Crippen LogP contribution in [0.4, 0.5) is 0 Å². The van der Waals surface area contributed by atoms with Crippen molar-refractivity contribution in [2.75, 3.05) is 26.2 Å². The van der Waals surface area contributed by atoms with E-state index in [4.69, 9.17) is 19.7 Å². The van der Waals surface area contributed by atoms with Gasteiger partial charge < -0.3 is 9.47 Å². The topological polar surface area (TPSA) is 50.7 Å². The lowest BCUT2D eigenvalue weighted by atomic mass is 9.90. The van der Waals surface area contributed by atoms with Gasteiger partial charge in [0.25, 0.3) is 0 Å². The largest absolute Gasteiger partial charge is 0.466 e. The Morgan fingerprint density at radius 1 is 0.538 bits per heavy atom. The number of piperidine rings is 2. The number of ether oxygens (including phenoxy) is 2. The van der Waals surface area contributed by atoms with Crippen molar-refractivity contribution < 1.29 is 9.47 Å². The lowest BCUT2D eigenvalue weighted by Gasteiger charge is -2.40. The number of nitrogens with zero attached hydrogens (tertiary/aromatic N) is 4. The first-order chi connectivity index (χ1) is 25.7. The van der Waals surface area contributed by atoms with E-state index in [9.17, 15) is 0 Å². The molecule has 2 aliphatic heterocycles. The molecule has 0 saturated carbocycles. The molecule has 0 bridgehead atoms. The highest BCUT2D eigenvalue weighted by Crippen LogP contribution is 2.41. The van der Waals surface area contributed by atoms with E-state index >= 15 is 0 Å². The van der Waals surface area contributed by atoms with E-state index in [-0.39, 0.29) is 24.3 Å². The zero-order valence-corrected chi connectivity index (χ0v) is 29.9. The van der Waals surface area contributed by atoms with Crippen LogP contribution in [0, 0.1) is 0 Å². The maximum absolute atomic E-state index is 7.18. The Kier molecular flexibility index (Phi) is 10.3. The predicted octanol–water partition coefficient (Wildman–Crippen LogP) is 10.3. The number of hydrogen-bond donors (Lipinski definition) is 0. The lowest BCUT2D eigenvalue weighted by molar-refractivity contribution is 0.0423. The van der Waals surface area contributed by atoms with Crippen molar-refractivity contribution in [2.45, 2.75) is 62.8 Å². The van der Waals surface area contributed by atoms with Gasteiger partial charge in [-0.05, 0) is 72.5 Å². The van der Waals surface area contributed by atoms with Crippen LogP contribution in [0.1, 0.15) is 61.9 Å². The molecule has 0 spiro atoms. The Morgan fingerprint density at radius 2 is 0.942 bits per heavy atom. The fraction of sp³-hybridized carbons (Fsp3) is 0.304. The van der Waals surface area contributed by atoms with Crippen molar-refractivity contribution in [1.29, 1.82) is 0 Å². The lowest BCUT2D eigenvalue weighted by Crippen LogP contribution is -2.45. The summed E-state index contributed by atoms with van der Waals surface area (Å²) in [5.74, 6) is 1.05. The van der Waals surface area contributed by atoms with Crippen molar-refractivity contribution in [3.8, 4) is 11.8 Å². The molecule has 0 aliphatic carbocycles. The van der Waals surface area contributed by atoms with Gasteiger partial charge in [0, 0.05) is 24.2 Å². The average molecular weight is 689 g/mol. The monoisotopic (exact) mass is 688 g/mol. The summed E-state index contributed by atoms with van der Waals surface area (Å²) in [7, 11) is 0. The minimum Gasteiger partial charge on any atom is -0.466 e. The molecule has 264 valence electrons. The first kappa shape index (κ1) is 34.1. The molecule has 52 heavy (non-hydrogen) atoms. The molecule has 5 aromatic carbocycles. The summed E-state index contributed by atoms with van der Waals surface area (Å²) < 4.78 is 14.4. The van der Waals surface area contributed by atoms with Crippen LogP contribution in [-0.2, 0) is 0 Å². The molecule has 3 heterocycles. The molecule has 2 fully saturated rings. The summed E-state index contributed by atoms with van der Waals surface area (Å²) in [4.78, 5) is 5.04. The van der Waals surface area contributed by atoms with Crippen LogP contribution >= 0.6 is 0 Å². The highest BCUT2D eigenvalue weighted by atomic mass is 16.5. The second kappa shape index (κ2) is 15.7. The predicted molar refractivity (Wildman–Crippen MR) is 213 cm³/mol. The molecule has 1 aromatic heterocycles. The zero-order valence-electron chi connectivity index (χ0n) is 29.9. The van der Waals surface area contributed by atoms with Gasteiger partial charge in [0.15, 0.2) is 0 Å². The fourth-order valence-electron chi connectivity index (χ4n) is 8.67. The van der Waals surface area contributed by atoms with E-state index in [1.165, 1.54) is 45.5 Å². The van der Waals surface area contributed by atoms with E-state index in [1.54, 1.807) is 0 Å². The Morgan fingerprint density at radius 3 is 1.38 bits per heavy atom. The van der Waals surface area contributed by atoms with Gasteiger partial charge in [-0.25, -0.2) is 0 Å². The normalized spacial score (nSPS) is 19.7. The summed E-state index contributed by atoms with van der Waals surface area (Å²) >= 11 is 0. The molecular formula is C46H48N4O2. The van der Waals surface area contributed by atoms with E-state index in [0.717, 1.165) is 62.6 Å². The third-order valence-corrected chi connectivity index (χ3v) is 11.1. The van der Waals surface area contributed by atoms with Crippen LogP contribution in [0.15, 0.2) is 135 Å². The summed E-state index contributed by atoms with van der Waals surface area (Å²) in [6.07, 6.45) is 10.2. The SMILES string of the molecule is C=CCN1CCCCC1[C@H](Oc1nnc(O[C@H](c2cccc3ccccc23)[C@H]2CCCCN2CC=C)c2ccccc12)c1cccc2ccccc12. The quantitative estimate of drug-likeness (QED) is 0.119. The highest BCUT2D eigenvalue weighted by Gasteiger charge is 2.36. The molecule has 0 radical (unpaired) electrons. The molecule has 4 atom stereocenters. The van der Waals surface area contributed by atoms with Crippen LogP contribution in [0.3, 0.4) is 0 Å². The van der Waals surface area contributed by atoms with Gasteiger partial charge >= 0.3 is 0 Å². The molecular weight excluding hydrogens is 641 g/mol. The molecule has 6 nitrogen and oxygen atoms in total. The van der Waals surface area contributed by atoms with E-state index in [0.29, 0.717) is 11.8 Å². The van der Waals surface area contributed by atoms with Gasteiger partial charge in [-0.2, -0.15) is 0 Å². The summed E-state index contributed by atoms with van der Waals surface area (Å²) in [5, 5.41) is 16.3. The molecule has 2 aliphatic rings. The minimum absolute atomic E-state index is 0.159. The summed E-state index contributed by atoms with van der Waals surface area (Å²) in [5.41, 5.74) is 2.33. The van der Waals surface area contributed by atoms with Crippen LogP contribution in [-0.4, -0.2) is 58.3 Å². The zero-order chi connectivity index (χ0) is 35.3. The van der Waals surface area contributed by atoms with Gasteiger partial charge in [-0.3, -0.25) is 9.80 Å².